The SMILES string of the molecule is CC(C)=CCC/C(C)=C/CO.CC1CCC(C(C)C)C(O)C1. The number of aliphatic hydroxyl groups is 2. The first kappa shape index (κ1) is 21.4. The van der Waals surface area contributed by atoms with Crippen LogP contribution < -0.4 is 0 Å². The molecule has 1 fully saturated rings. The fraction of sp³-hybridized carbons (Fsp3) is 0.800. The maximum absolute atomic E-state index is 9.71. The molecule has 1 saturated carbocycles. The summed E-state index contributed by atoms with van der Waals surface area (Å²) < 4.78 is 0. The molecule has 0 saturated heterocycles. The second kappa shape index (κ2) is 11.9. The fourth-order valence-corrected chi connectivity index (χ4v) is 3.00. The predicted octanol–water partition coefficient (Wildman–Crippen LogP) is 5.11. The van der Waals surface area contributed by atoms with Crippen molar-refractivity contribution < 1.29 is 10.2 Å². The molecule has 130 valence electrons. The lowest BCUT2D eigenvalue weighted by atomic mass is 9.75. The van der Waals surface area contributed by atoms with Gasteiger partial charge in [-0.2, -0.15) is 0 Å². The second-order valence-electron chi connectivity index (χ2n) is 7.45. The Kier molecular flexibility index (Phi) is 11.6. The highest BCUT2D eigenvalue weighted by atomic mass is 16.3. The van der Waals surface area contributed by atoms with Crippen LogP contribution in [0.3, 0.4) is 0 Å². The Bertz CT molecular complexity index is 338. The summed E-state index contributed by atoms with van der Waals surface area (Å²) in [5.74, 6) is 1.95. The minimum atomic E-state index is -0.0289. The van der Waals surface area contributed by atoms with Crippen molar-refractivity contribution in [1.82, 2.24) is 0 Å². The number of aliphatic hydroxyl groups excluding tert-OH is 2. The summed E-state index contributed by atoms with van der Waals surface area (Å²) >= 11 is 0. The zero-order chi connectivity index (χ0) is 17.1. The minimum Gasteiger partial charge on any atom is -0.393 e. The molecule has 22 heavy (non-hydrogen) atoms. The zero-order valence-corrected chi connectivity index (χ0v) is 15.6. The Labute approximate surface area is 138 Å². The average Bonchev–Trinajstić information content (AvgIpc) is 2.38. The van der Waals surface area contributed by atoms with Gasteiger partial charge in [-0.15, -0.1) is 0 Å². The summed E-state index contributed by atoms with van der Waals surface area (Å²) in [6, 6.07) is 0. The van der Waals surface area contributed by atoms with Crippen molar-refractivity contribution in [2.45, 2.75) is 79.8 Å². The van der Waals surface area contributed by atoms with Gasteiger partial charge in [-0.25, -0.2) is 0 Å². The third-order valence-corrected chi connectivity index (χ3v) is 4.52. The Balaban J connectivity index is 0.000000401. The maximum atomic E-state index is 9.71. The third-order valence-electron chi connectivity index (χ3n) is 4.52. The Hall–Kier alpha value is -0.600. The molecule has 0 aromatic heterocycles. The van der Waals surface area contributed by atoms with Gasteiger partial charge in [0.25, 0.3) is 0 Å². The van der Waals surface area contributed by atoms with Crippen LogP contribution >= 0.6 is 0 Å². The molecular formula is C20H38O2. The van der Waals surface area contributed by atoms with E-state index in [1.54, 1.807) is 0 Å². The van der Waals surface area contributed by atoms with E-state index in [4.69, 9.17) is 5.11 Å². The van der Waals surface area contributed by atoms with Gasteiger partial charge >= 0.3 is 0 Å². The molecule has 1 rings (SSSR count). The van der Waals surface area contributed by atoms with Gasteiger partial charge < -0.3 is 10.2 Å². The molecule has 1 aliphatic carbocycles. The second-order valence-corrected chi connectivity index (χ2v) is 7.45. The molecule has 0 aromatic rings. The molecule has 0 aliphatic heterocycles. The number of hydrogen-bond donors (Lipinski definition) is 2. The number of hydrogen-bond acceptors (Lipinski definition) is 2. The molecule has 3 atom stereocenters. The van der Waals surface area contributed by atoms with E-state index in [0.29, 0.717) is 11.8 Å². The molecule has 0 bridgehead atoms. The molecule has 0 aromatic carbocycles. The number of allylic oxidation sites excluding steroid dienone is 3. The highest BCUT2D eigenvalue weighted by molar-refractivity contribution is 5.01. The molecule has 3 unspecified atom stereocenters. The lowest BCUT2D eigenvalue weighted by molar-refractivity contribution is 0.0266. The maximum Gasteiger partial charge on any atom is 0.0614 e. The van der Waals surface area contributed by atoms with Gasteiger partial charge in [0.05, 0.1) is 12.7 Å². The van der Waals surface area contributed by atoms with Crippen molar-refractivity contribution >= 4 is 0 Å². The molecule has 2 nitrogen and oxygen atoms in total. The zero-order valence-electron chi connectivity index (χ0n) is 15.6. The molecule has 0 spiro atoms. The van der Waals surface area contributed by atoms with Crippen molar-refractivity contribution in [3.8, 4) is 0 Å². The van der Waals surface area contributed by atoms with E-state index in [-0.39, 0.29) is 12.7 Å². The van der Waals surface area contributed by atoms with Gasteiger partial charge in [0, 0.05) is 0 Å². The molecule has 0 heterocycles. The highest BCUT2D eigenvalue weighted by Crippen LogP contribution is 2.33. The van der Waals surface area contributed by atoms with Crippen LogP contribution in [0.5, 0.6) is 0 Å². The van der Waals surface area contributed by atoms with E-state index in [1.165, 1.54) is 24.0 Å². The van der Waals surface area contributed by atoms with Crippen molar-refractivity contribution in [3.05, 3.63) is 23.3 Å². The lowest BCUT2D eigenvalue weighted by Gasteiger charge is -2.33. The van der Waals surface area contributed by atoms with E-state index < -0.39 is 0 Å². The summed E-state index contributed by atoms with van der Waals surface area (Å²) in [5.41, 5.74) is 2.63. The Morgan fingerprint density at radius 2 is 1.77 bits per heavy atom. The molecule has 2 heteroatoms. The average molecular weight is 311 g/mol. The van der Waals surface area contributed by atoms with Crippen LogP contribution in [0.15, 0.2) is 23.3 Å². The van der Waals surface area contributed by atoms with E-state index in [1.807, 2.05) is 6.08 Å². The van der Waals surface area contributed by atoms with Crippen LogP contribution in [-0.4, -0.2) is 22.9 Å². The van der Waals surface area contributed by atoms with Crippen LogP contribution in [0, 0.1) is 17.8 Å². The van der Waals surface area contributed by atoms with E-state index in [9.17, 15) is 5.11 Å². The summed E-state index contributed by atoms with van der Waals surface area (Å²) in [4.78, 5) is 0. The van der Waals surface area contributed by atoms with Gasteiger partial charge in [-0.3, -0.25) is 0 Å². The van der Waals surface area contributed by atoms with Crippen LogP contribution in [0.2, 0.25) is 0 Å². The first-order valence-electron chi connectivity index (χ1n) is 8.85. The topological polar surface area (TPSA) is 40.5 Å². The van der Waals surface area contributed by atoms with Crippen molar-refractivity contribution in [1.29, 1.82) is 0 Å². The van der Waals surface area contributed by atoms with Gasteiger partial charge in [-0.1, -0.05) is 50.5 Å². The predicted molar refractivity (Wildman–Crippen MR) is 96.9 cm³/mol. The van der Waals surface area contributed by atoms with Gasteiger partial charge in [0.2, 0.25) is 0 Å². The largest absolute Gasteiger partial charge is 0.393 e. The Morgan fingerprint density at radius 3 is 2.23 bits per heavy atom. The monoisotopic (exact) mass is 310 g/mol. The van der Waals surface area contributed by atoms with E-state index >= 15 is 0 Å². The molecule has 2 N–H and O–H groups in total. The standard InChI is InChI=1S/C10H20O.C10H18O/c1-7(2)9-5-4-8(3)6-10(9)11;1-9(2)5-4-6-10(3)7-8-11/h7-11H,4-6H2,1-3H3;5,7,11H,4,6,8H2,1-3H3/b;10-7+. The molecular weight excluding hydrogens is 272 g/mol. The van der Waals surface area contributed by atoms with E-state index in [0.717, 1.165) is 25.2 Å². The first-order chi connectivity index (χ1) is 10.3. The highest BCUT2D eigenvalue weighted by Gasteiger charge is 2.28. The minimum absolute atomic E-state index is 0.0289. The van der Waals surface area contributed by atoms with Gasteiger partial charge in [0.15, 0.2) is 0 Å². The van der Waals surface area contributed by atoms with Gasteiger partial charge in [0.1, 0.15) is 0 Å². The van der Waals surface area contributed by atoms with Gasteiger partial charge in [-0.05, 0) is 64.2 Å². The van der Waals surface area contributed by atoms with Crippen LogP contribution in [-0.2, 0) is 0 Å². The van der Waals surface area contributed by atoms with Crippen LogP contribution in [0.1, 0.15) is 73.6 Å². The summed E-state index contributed by atoms with van der Waals surface area (Å²) in [6.07, 6.45) is 9.74. The lowest BCUT2D eigenvalue weighted by Crippen LogP contribution is -2.31. The first-order valence-corrected chi connectivity index (χ1v) is 8.85. The Morgan fingerprint density at radius 1 is 1.14 bits per heavy atom. The van der Waals surface area contributed by atoms with E-state index in [2.05, 4.69) is 47.6 Å². The van der Waals surface area contributed by atoms with Crippen molar-refractivity contribution in [3.63, 3.8) is 0 Å². The summed E-state index contributed by atoms with van der Waals surface area (Å²) in [7, 11) is 0. The number of rotatable bonds is 5. The van der Waals surface area contributed by atoms with Crippen molar-refractivity contribution in [2.24, 2.45) is 17.8 Å². The third kappa shape index (κ3) is 10.2. The quantitative estimate of drug-likeness (QED) is 0.693. The summed E-state index contributed by atoms with van der Waals surface area (Å²) in [6.45, 7) is 13.1. The smallest absolute Gasteiger partial charge is 0.0614 e. The normalized spacial score (nSPS) is 25.5. The molecule has 1 aliphatic rings. The van der Waals surface area contributed by atoms with Crippen molar-refractivity contribution in [2.75, 3.05) is 6.61 Å². The molecule has 0 amide bonds. The van der Waals surface area contributed by atoms with Crippen LogP contribution in [0.25, 0.3) is 0 Å². The summed E-state index contributed by atoms with van der Waals surface area (Å²) in [5, 5.41) is 18.3. The van der Waals surface area contributed by atoms with Crippen LogP contribution in [0.4, 0.5) is 0 Å². The molecule has 0 radical (unpaired) electrons. The fourth-order valence-electron chi connectivity index (χ4n) is 3.00.